The van der Waals surface area contributed by atoms with Crippen molar-refractivity contribution >= 4 is 34.7 Å². The quantitative estimate of drug-likeness (QED) is 0.882. The smallest absolute Gasteiger partial charge is 0.224 e. The highest BCUT2D eigenvalue weighted by Gasteiger charge is 2.07. The predicted molar refractivity (Wildman–Crippen MR) is 90.0 cm³/mol. The van der Waals surface area contributed by atoms with Crippen molar-refractivity contribution in [1.82, 2.24) is 9.97 Å². The first-order valence-corrected chi connectivity index (χ1v) is 7.20. The lowest BCUT2D eigenvalue weighted by Crippen LogP contribution is -2.10. The van der Waals surface area contributed by atoms with Gasteiger partial charge in [-0.05, 0) is 31.5 Å². The third-order valence-corrected chi connectivity index (χ3v) is 3.31. The third kappa shape index (κ3) is 3.76. The van der Waals surface area contributed by atoms with E-state index in [9.17, 15) is 0 Å². The maximum atomic E-state index is 6.15. The van der Waals surface area contributed by atoms with Gasteiger partial charge in [0, 0.05) is 32.0 Å². The Morgan fingerprint density at radius 2 is 2.05 bits per heavy atom. The summed E-state index contributed by atoms with van der Waals surface area (Å²) in [4.78, 5) is 10.6. The molecule has 21 heavy (non-hydrogen) atoms. The van der Waals surface area contributed by atoms with Crippen LogP contribution in [0, 0.1) is 6.92 Å². The standard InChI is InChI=1S/C15H20ClN5/c1-5-17-15-18-9-12(16)14(20-15)19-11-7-6-10(2)13(8-11)21(3)4/h6-9H,5H2,1-4H3,(H2,17,18,19,20). The minimum atomic E-state index is 0.489. The van der Waals surface area contributed by atoms with Crippen molar-refractivity contribution in [2.75, 3.05) is 36.2 Å². The Morgan fingerprint density at radius 3 is 2.71 bits per heavy atom. The lowest BCUT2D eigenvalue weighted by Gasteiger charge is -2.17. The average Bonchev–Trinajstić information content (AvgIpc) is 2.44. The number of nitrogens with zero attached hydrogens (tertiary/aromatic N) is 3. The molecule has 2 N–H and O–H groups in total. The van der Waals surface area contributed by atoms with Crippen LogP contribution in [0.5, 0.6) is 0 Å². The summed E-state index contributed by atoms with van der Waals surface area (Å²) in [7, 11) is 4.04. The fourth-order valence-electron chi connectivity index (χ4n) is 2.00. The summed E-state index contributed by atoms with van der Waals surface area (Å²) in [6.07, 6.45) is 1.59. The summed E-state index contributed by atoms with van der Waals surface area (Å²) in [5, 5.41) is 6.80. The molecule has 1 heterocycles. The molecule has 0 bridgehead atoms. The van der Waals surface area contributed by atoms with Crippen molar-refractivity contribution in [3.63, 3.8) is 0 Å². The predicted octanol–water partition coefficient (Wildman–Crippen LogP) is 3.68. The minimum Gasteiger partial charge on any atom is -0.377 e. The summed E-state index contributed by atoms with van der Waals surface area (Å²) in [5.41, 5.74) is 3.30. The molecule has 0 fully saturated rings. The van der Waals surface area contributed by atoms with E-state index in [0.29, 0.717) is 16.8 Å². The number of anilines is 4. The van der Waals surface area contributed by atoms with Crippen LogP contribution in [-0.2, 0) is 0 Å². The van der Waals surface area contributed by atoms with E-state index in [1.165, 1.54) is 5.56 Å². The number of benzene rings is 1. The van der Waals surface area contributed by atoms with E-state index in [4.69, 9.17) is 11.6 Å². The molecule has 0 amide bonds. The van der Waals surface area contributed by atoms with E-state index in [-0.39, 0.29) is 0 Å². The Bertz CT molecular complexity index is 627. The van der Waals surface area contributed by atoms with Gasteiger partial charge < -0.3 is 15.5 Å². The molecular formula is C15H20ClN5. The second kappa shape index (κ2) is 6.63. The Morgan fingerprint density at radius 1 is 1.29 bits per heavy atom. The van der Waals surface area contributed by atoms with E-state index in [0.717, 1.165) is 17.9 Å². The highest BCUT2D eigenvalue weighted by molar-refractivity contribution is 6.32. The lowest BCUT2D eigenvalue weighted by molar-refractivity contribution is 1.08. The molecule has 1 aromatic carbocycles. The van der Waals surface area contributed by atoms with Crippen LogP contribution in [0.25, 0.3) is 0 Å². The molecule has 0 radical (unpaired) electrons. The van der Waals surface area contributed by atoms with Gasteiger partial charge in [0.2, 0.25) is 5.95 Å². The fraction of sp³-hybridized carbons (Fsp3) is 0.333. The first-order valence-electron chi connectivity index (χ1n) is 6.82. The molecule has 0 spiro atoms. The molecule has 112 valence electrons. The normalized spacial score (nSPS) is 10.3. The maximum Gasteiger partial charge on any atom is 0.224 e. The van der Waals surface area contributed by atoms with Crippen LogP contribution in [0.1, 0.15) is 12.5 Å². The first-order chi connectivity index (χ1) is 10.0. The van der Waals surface area contributed by atoms with Gasteiger partial charge >= 0.3 is 0 Å². The largest absolute Gasteiger partial charge is 0.377 e. The average molecular weight is 306 g/mol. The summed E-state index contributed by atoms with van der Waals surface area (Å²) in [6.45, 7) is 4.84. The van der Waals surface area contributed by atoms with Gasteiger partial charge in [-0.25, -0.2) is 4.98 Å². The first kappa shape index (κ1) is 15.4. The van der Waals surface area contributed by atoms with Crippen LogP contribution in [0.3, 0.4) is 0 Å². The van der Waals surface area contributed by atoms with Crippen molar-refractivity contribution in [3.8, 4) is 0 Å². The van der Waals surface area contributed by atoms with Gasteiger partial charge in [-0.15, -0.1) is 0 Å². The molecule has 5 nitrogen and oxygen atoms in total. The number of aryl methyl sites for hydroxylation is 1. The van der Waals surface area contributed by atoms with Crippen molar-refractivity contribution in [1.29, 1.82) is 0 Å². The summed E-state index contributed by atoms with van der Waals surface area (Å²) in [5.74, 6) is 1.15. The van der Waals surface area contributed by atoms with E-state index < -0.39 is 0 Å². The third-order valence-electron chi connectivity index (χ3n) is 3.03. The molecule has 1 aromatic heterocycles. The van der Waals surface area contributed by atoms with Gasteiger partial charge in [-0.1, -0.05) is 17.7 Å². The number of hydrogen-bond acceptors (Lipinski definition) is 5. The van der Waals surface area contributed by atoms with Gasteiger partial charge in [0.1, 0.15) is 5.02 Å². The monoisotopic (exact) mass is 305 g/mol. The Balaban J connectivity index is 2.29. The van der Waals surface area contributed by atoms with Crippen molar-refractivity contribution in [2.24, 2.45) is 0 Å². The number of rotatable bonds is 5. The van der Waals surface area contributed by atoms with Crippen molar-refractivity contribution < 1.29 is 0 Å². The van der Waals surface area contributed by atoms with Gasteiger partial charge in [0.25, 0.3) is 0 Å². The second-order valence-corrected chi connectivity index (χ2v) is 5.35. The highest BCUT2D eigenvalue weighted by Crippen LogP contribution is 2.27. The van der Waals surface area contributed by atoms with Gasteiger partial charge in [0.15, 0.2) is 5.82 Å². The zero-order chi connectivity index (χ0) is 15.4. The second-order valence-electron chi connectivity index (χ2n) is 4.94. The molecule has 0 saturated carbocycles. The molecule has 0 atom stereocenters. The van der Waals surface area contributed by atoms with Crippen LogP contribution in [-0.4, -0.2) is 30.6 Å². The van der Waals surface area contributed by atoms with Crippen molar-refractivity contribution in [2.45, 2.75) is 13.8 Å². The van der Waals surface area contributed by atoms with E-state index in [1.54, 1.807) is 6.20 Å². The molecule has 2 aromatic rings. The van der Waals surface area contributed by atoms with Crippen LogP contribution < -0.4 is 15.5 Å². The number of nitrogens with one attached hydrogen (secondary N) is 2. The van der Waals surface area contributed by atoms with E-state index >= 15 is 0 Å². The highest BCUT2D eigenvalue weighted by atomic mass is 35.5. The Kier molecular flexibility index (Phi) is 4.85. The molecular weight excluding hydrogens is 286 g/mol. The Hall–Kier alpha value is -2.01. The fourth-order valence-corrected chi connectivity index (χ4v) is 2.14. The summed E-state index contributed by atoms with van der Waals surface area (Å²) >= 11 is 6.15. The molecule has 0 aliphatic rings. The Labute approximate surface area is 130 Å². The lowest BCUT2D eigenvalue weighted by atomic mass is 10.1. The molecule has 2 rings (SSSR count). The van der Waals surface area contributed by atoms with E-state index in [2.05, 4.69) is 44.6 Å². The SMILES string of the molecule is CCNc1ncc(Cl)c(Nc2ccc(C)c(N(C)C)c2)n1. The topological polar surface area (TPSA) is 53.1 Å². The summed E-state index contributed by atoms with van der Waals surface area (Å²) in [6, 6.07) is 6.15. The molecule has 0 aliphatic carbocycles. The van der Waals surface area contributed by atoms with Crippen LogP contribution in [0.15, 0.2) is 24.4 Å². The van der Waals surface area contributed by atoms with Crippen LogP contribution in [0.4, 0.5) is 23.1 Å². The molecule has 0 saturated heterocycles. The molecule has 0 aliphatic heterocycles. The number of halogens is 1. The number of hydrogen-bond donors (Lipinski definition) is 2. The minimum absolute atomic E-state index is 0.489. The number of aromatic nitrogens is 2. The van der Waals surface area contributed by atoms with Gasteiger partial charge in [0.05, 0.1) is 6.20 Å². The van der Waals surface area contributed by atoms with Gasteiger partial charge in [-0.3, -0.25) is 0 Å². The maximum absolute atomic E-state index is 6.15. The van der Waals surface area contributed by atoms with Crippen molar-refractivity contribution in [3.05, 3.63) is 35.0 Å². The van der Waals surface area contributed by atoms with Crippen LogP contribution in [0.2, 0.25) is 5.02 Å². The molecule has 6 heteroatoms. The van der Waals surface area contributed by atoms with Crippen LogP contribution >= 0.6 is 11.6 Å². The summed E-state index contributed by atoms with van der Waals surface area (Å²) < 4.78 is 0. The van der Waals surface area contributed by atoms with Gasteiger partial charge in [-0.2, -0.15) is 4.98 Å². The molecule has 0 unspecified atom stereocenters. The zero-order valence-corrected chi connectivity index (χ0v) is 13.5. The van der Waals surface area contributed by atoms with E-state index in [1.807, 2.05) is 27.1 Å². The zero-order valence-electron chi connectivity index (χ0n) is 12.7.